The lowest BCUT2D eigenvalue weighted by Gasteiger charge is -2.22. The van der Waals surface area contributed by atoms with Gasteiger partial charge < -0.3 is 9.64 Å². The second-order valence-electron chi connectivity index (χ2n) is 2.69. The van der Waals surface area contributed by atoms with Gasteiger partial charge in [-0.2, -0.15) is 5.26 Å². The Labute approximate surface area is 79.8 Å². The van der Waals surface area contributed by atoms with E-state index in [0.717, 1.165) is 25.9 Å². The monoisotopic (exact) mass is 183 g/mol. The van der Waals surface area contributed by atoms with Gasteiger partial charge in [-0.15, -0.1) is 4.99 Å². The summed E-state index contributed by atoms with van der Waals surface area (Å²) >= 11 is 0. The maximum absolute atomic E-state index is 8.41. The number of hydrogen-bond acceptors (Lipinski definition) is 3. The van der Waals surface area contributed by atoms with E-state index in [4.69, 9.17) is 10.00 Å². The first kappa shape index (κ1) is 11.8. The molecule has 0 unspecified atom stereocenters. The van der Waals surface area contributed by atoms with Crippen LogP contribution in [0, 0.1) is 11.5 Å². The number of ether oxygens (including phenoxy) is 1. The minimum absolute atomic E-state index is 0.422. The van der Waals surface area contributed by atoms with Gasteiger partial charge in [-0.3, -0.25) is 0 Å². The van der Waals surface area contributed by atoms with Gasteiger partial charge in [0.2, 0.25) is 6.19 Å². The van der Waals surface area contributed by atoms with E-state index in [0.29, 0.717) is 6.02 Å². The Balaban J connectivity index is 4.31. The van der Waals surface area contributed by atoms with Gasteiger partial charge >= 0.3 is 6.02 Å². The SMILES string of the molecule is CCCN(CCC)C(=NC#N)OC. The quantitative estimate of drug-likeness (QED) is 0.378. The van der Waals surface area contributed by atoms with E-state index in [2.05, 4.69) is 18.8 Å². The third kappa shape index (κ3) is 4.36. The number of aliphatic imine (C=N–C) groups is 1. The molecular weight excluding hydrogens is 166 g/mol. The van der Waals surface area contributed by atoms with E-state index in [9.17, 15) is 0 Å². The Morgan fingerprint density at radius 3 is 2.23 bits per heavy atom. The molecule has 0 rings (SSSR count). The zero-order chi connectivity index (χ0) is 10.1. The molecule has 0 aromatic carbocycles. The van der Waals surface area contributed by atoms with Crippen LogP contribution >= 0.6 is 0 Å². The topological polar surface area (TPSA) is 48.6 Å². The third-order valence-electron chi connectivity index (χ3n) is 1.59. The number of amidine groups is 1. The molecule has 0 saturated carbocycles. The van der Waals surface area contributed by atoms with Crippen LogP contribution in [0.5, 0.6) is 0 Å². The molecule has 4 heteroatoms. The molecule has 0 spiro atoms. The van der Waals surface area contributed by atoms with Crippen LogP contribution in [0.1, 0.15) is 26.7 Å². The summed E-state index contributed by atoms with van der Waals surface area (Å²) in [6.07, 6.45) is 3.78. The molecule has 0 radical (unpaired) electrons. The lowest BCUT2D eigenvalue weighted by molar-refractivity contribution is 0.281. The van der Waals surface area contributed by atoms with Crippen LogP contribution in [0.2, 0.25) is 0 Å². The lowest BCUT2D eigenvalue weighted by atomic mass is 10.4. The fraction of sp³-hybridized carbons (Fsp3) is 0.778. The average molecular weight is 183 g/mol. The number of nitrogens with zero attached hydrogens (tertiary/aromatic N) is 3. The molecule has 0 N–H and O–H groups in total. The Kier molecular flexibility index (Phi) is 6.70. The molecule has 0 aliphatic heterocycles. The fourth-order valence-corrected chi connectivity index (χ4v) is 1.13. The highest BCUT2D eigenvalue weighted by atomic mass is 16.5. The van der Waals surface area contributed by atoms with Gasteiger partial charge in [-0.1, -0.05) is 13.8 Å². The first-order chi connectivity index (χ1) is 6.29. The maximum Gasteiger partial charge on any atom is 0.302 e. The van der Waals surface area contributed by atoms with E-state index in [-0.39, 0.29) is 0 Å². The standard InChI is InChI=1S/C9H17N3O/c1-4-6-12(7-5-2)9(13-3)11-8-10/h4-7H2,1-3H3. The van der Waals surface area contributed by atoms with E-state index in [1.165, 1.54) is 7.11 Å². The molecule has 0 atom stereocenters. The number of methoxy groups -OCH3 is 1. The normalized spacial score (nSPS) is 10.8. The van der Waals surface area contributed by atoms with Gasteiger partial charge in [0.25, 0.3) is 0 Å². The fourth-order valence-electron chi connectivity index (χ4n) is 1.13. The van der Waals surface area contributed by atoms with Gasteiger partial charge in [0, 0.05) is 13.1 Å². The Morgan fingerprint density at radius 2 is 1.92 bits per heavy atom. The van der Waals surface area contributed by atoms with Crippen molar-refractivity contribution in [2.45, 2.75) is 26.7 Å². The van der Waals surface area contributed by atoms with Crippen LogP contribution in [0.25, 0.3) is 0 Å². The molecule has 0 aliphatic rings. The van der Waals surface area contributed by atoms with E-state index in [1.54, 1.807) is 6.19 Å². The van der Waals surface area contributed by atoms with Crippen LogP contribution in [0.3, 0.4) is 0 Å². The molecule has 0 bridgehead atoms. The minimum Gasteiger partial charge on any atom is -0.468 e. The maximum atomic E-state index is 8.41. The molecule has 0 aromatic heterocycles. The van der Waals surface area contributed by atoms with Gasteiger partial charge in [0.15, 0.2) is 0 Å². The van der Waals surface area contributed by atoms with Crippen molar-refractivity contribution in [2.24, 2.45) is 4.99 Å². The number of hydrogen-bond donors (Lipinski definition) is 0. The smallest absolute Gasteiger partial charge is 0.302 e. The van der Waals surface area contributed by atoms with Crippen molar-refractivity contribution >= 4 is 6.02 Å². The second kappa shape index (κ2) is 7.41. The number of rotatable bonds is 4. The third-order valence-corrected chi connectivity index (χ3v) is 1.59. The summed E-state index contributed by atoms with van der Waals surface area (Å²) in [5.74, 6) is 0. The summed E-state index contributed by atoms with van der Waals surface area (Å²) in [7, 11) is 1.54. The van der Waals surface area contributed by atoms with E-state index < -0.39 is 0 Å². The lowest BCUT2D eigenvalue weighted by Crippen LogP contribution is -2.33. The predicted molar refractivity (Wildman–Crippen MR) is 52.2 cm³/mol. The molecule has 0 fully saturated rings. The van der Waals surface area contributed by atoms with Crippen molar-refractivity contribution in [3.05, 3.63) is 0 Å². The Hall–Kier alpha value is -1.24. The molecule has 74 valence electrons. The first-order valence-electron chi connectivity index (χ1n) is 4.55. The average Bonchev–Trinajstić information content (AvgIpc) is 2.14. The van der Waals surface area contributed by atoms with E-state index >= 15 is 0 Å². The van der Waals surface area contributed by atoms with Crippen LogP contribution in [-0.2, 0) is 4.74 Å². The minimum atomic E-state index is 0.422. The Bertz CT molecular complexity index is 190. The first-order valence-corrected chi connectivity index (χ1v) is 4.55. The van der Waals surface area contributed by atoms with Crippen molar-refractivity contribution < 1.29 is 4.74 Å². The van der Waals surface area contributed by atoms with Gasteiger partial charge in [-0.05, 0) is 12.8 Å². The highest BCUT2D eigenvalue weighted by molar-refractivity contribution is 5.74. The van der Waals surface area contributed by atoms with Crippen molar-refractivity contribution in [3.8, 4) is 6.19 Å². The summed E-state index contributed by atoms with van der Waals surface area (Å²) in [6, 6.07) is 0.422. The molecule has 0 aromatic rings. The van der Waals surface area contributed by atoms with Crippen LogP contribution in [0.15, 0.2) is 4.99 Å². The van der Waals surface area contributed by atoms with Crippen molar-refractivity contribution in [3.63, 3.8) is 0 Å². The van der Waals surface area contributed by atoms with E-state index in [1.807, 2.05) is 4.90 Å². The molecule has 13 heavy (non-hydrogen) atoms. The zero-order valence-electron chi connectivity index (χ0n) is 8.58. The second-order valence-corrected chi connectivity index (χ2v) is 2.69. The molecule has 0 amide bonds. The zero-order valence-corrected chi connectivity index (χ0v) is 8.58. The highest BCUT2D eigenvalue weighted by Crippen LogP contribution is 1.97. The van der Waals surface area contributed by atoms with Crippen molar-refractivity contribution in [2.75, 3.05) is 20.2 Å². The van der Waals surface area contributed by atoms with Crippen molar-refractivity contribution in [1.29, 1.82) is 5.26 Å². The van der Waals surface area contributed by atoms with Gasteiger partial charge in [-0.25, -0.2) is 0 Å². The van der Waals surface area contributed by atoms with Gasteiger partial charge in [0.1, 0.15) is 0 Å². The summed E-state index contributed by atoms with van der Waals surface area (Å²) in [6.45, 7) is 5.93. The number of nitriles is 1. The molecule has 4 nitrogen and oxygen atoms in total. The predicted octanol–water partition coefficient (Wildman–Crippen LogP) is 1.59. The molecule has 0 aliphatic carbocycles. The summed E-state index contributed by atoms with van der Waals surface area (Å²) in [4.78, 5) is 5.58. The van der Waals surface area contributed by atoms with Crippen LogP contribution < -0.4 is 0 Å². The van der Waals surface area contributed by atoms with Crippen LogP contribution in [-0.4, -0.2) is 31.1 Å². The largest absolute Gasteiger partial charge is 0.468 e. The highest BCUT2D eigenvalue weighted by Gasteiger charge is 2.08. The summed E-state index contributed by atoms with van der Waals surface area (Å²) in [5.41, 5.74) is 0. The summed E-state index contributed by atoms with van der Waals surface area (Å²) in [5, 5.41) is 8.41. The van der Waals surface area contributed by atoms with Gasteiger partial charge in [0.05, 0.1) is 7.11 Å². The van der Waals surface area contributed by atoms with Crippen molar-refractivity contribution in [1.82, 2.24) is 4.90 Å². The molecule has 0 heterocycles. The summed E-state index contributed by atoms with van der Waals surface area (Å²) < 4.78 is 5.01. The molecule has 0 saturated heterocycles. The Morgan fingerprint density at radius 1 is 1.38 bits per heavy atom. The molecular formula is C9H17N3O. The van der Waals surface area contributed by atoms with Crippen LogP contribution in [0.4, 0.5) is 0 Å².